The summed E-state index contributed by atoms with van der Waals surface area (Å²) in [5.74, 6) is -0.454. The van der Waals surface area contributed by atoms with Gasteiger partial charge in [0, 0.05) is 16.8 Å². The predicted octanol–water partition coefficient (Wildman–Crippen LogP) is 5.49. The van der Waals surface area contributed by atoms with Crippen molar-refractivity contribution in [2.24, 2.45) is 4.99 Å². The summed E-state index contributed by atoms with van der Waals surface area (Å²) < 4.78 is 13.9. The molecule has 0 fully saturated rings. The average molecular weight is 325 g/mol. The Morgan fingerprint density at radius 2 is 1.95 bits per heavy atom. The van der Waals surface area contributed by atoms with Crippen LogP contribution in [0.1, 0.15) is 5.56 Å². The van der Waals surface area contributed by atoms with E-state index in [-0.39, 0.29) is 5.02 Å². The lowest BCUT2D eigenvalue weighted by Gasteiger charge is -1.94. The van der Waals surface area contributed by atoms with E-state index in [9.17, 15) is 4.39 Å². The molecular weight excluding hydrogens is 318 g/mol. The summed E-state index contributed by atoms with van der Waals surface area (Å²) >= 11 is 13.2. The number of hydrogen-bond acceptors (Lipinski definition) is 3. The molecule has 0 bridgehead atoms. The summed E-state index contributed by atoms with van der Waals surface area (Å²) in [6.07, 6.45) is 1.63. The zero-order valence-electron chi connectivity index (χ0n) is 9.98. The maximum atomic E-state index is 13.4. The van der Waals surface area contributed by atoms with Gasteiger partial charge in [0.15, 0.2) is 0 Å². The predicted molar refractivity (Wildman–Crippen MR) is 83.3 cm³/mol. The van der Waals surface area contributed by atoms with Gasteiger partial charge in [-0.15, -0.1) is 0 Å². The van der Waals surface area contributed by atoms with Crippen molar-refractivity contribution in [3.8, 4) is 0 Å². The topological polar surface area (TPSA) is 25.2 Å². The molecule has 0 N–H and O–H groups in total. The highest BCUT2D eigenvalue weighted by Crippen LogP contribution is 2.34. The highest BCUT2D eigenvalue weighted by atomic mass is 35.5. The van der Waals surface area contributed by atoms with E-state index in [0.29, 0.717) is 20.4 Å². The van der Waals surface area contributed by atoms with Gasteiger partial charge in [0.1, 0.15) is 5.82 Å². The van der Waals surface area contributed by atoms with Crippen molar-refractivity contribution >= 4 is 56.1 Å². The lowest BCUT2D eigenvalue weighted by atomic mass is 10.2. The van der Waals surface area contributed by atoms with E-state index >= 15 is 0 Å². The van der Waals surface area contributed by atoms with Crippen LogP contribution in [0.2, 0.25) is 10.0 Å². The molecule has 0 aliphatic heterocycles. The Morgan fingerprint density at radius 1 is 1.15 bits per heavy atom. The number of thiazole rings is 1. The Balaban J connectivity index is 2.00. The number of fused-ring (bicyclic) bond motifs is 1. The van der Waals surface area contributed by atoms with Crippen molar-refractivity contribution in [3.05, 3.63) is 57.8 Å². The molecule has 0 aliphatic rings. The number of benzene rings is 2. The normalized spacial score (nSPS) is 11.6. The fourth-order valence-corrected chi connectivity index (χ4v) is 2.98. The van der Waals surface area contributed by atoms with E-state index in [1.807, 2.05) is 18.2 Å². The minimum atomic E-state index is -0.454. The van der Waals surface area contributed by atoms with Crippen molar-refractivity contribution in [1.29, 1.82) is 0 Å². The molecule has 3 rings (SSSR count). The third-order valence-corrected chi connectivity index (χ3v) is 4.48. The Labute approximate surface area is 128 Å². The first-order chi connectivity index (χ1) is 9.65. The van der Waals surface area contributed by atoms with Crippen LogP contribution in [-0.4, -0.2) is 11.2 Å². The maximum Gasteiger partial charge on any atom is 0.210 e. The van der Waals surface area contributed by atoms with E-state index in [1.165, 1.54) is 17.4 Å². The molecule has 1 aromatic heterocycles. The molecule has 6 heteroatoms. The summed E-state index contributed by atoms with van der Waals surface area (Å²) in [6, 6.07) is 10.2. The van der Waals surface area contributed by atoms with Crippen molar-refractivity contribution in [2.75, 3.05) is 0 Å². The Kier molecular flexibility index (Phi) is 3.70. The average Bonchev–Trinajstić information content (AvgIpc) is 2.86. The summed E-state index contributed by atoms with van der Waals surface area (Å²) in [7, 11) is 0. The van der Waals surface area contributed by atoms with Crippen LogP contribution in [0.5, 0.6) is 0 Å². The Hall–Kier alpha value is -1.49. The molecule has 0 atom stereocenters. The summed E-state index contributed by atoms with van der Waals surface area (Å²) in [5, 5.41) is 1.20. The van der Waals surface area contributed by atoms with Crippen LogP contribution < -0.4 is 0 Å². The molecular formula is C14H7Cl2FN2S. The zero-order valence-corrected chi connectivity index (χ0v) is 12.3. The van der Waals surface area contributed by atoms with Crippen LogP contribution >= 0.6 is 34.5 Å². The van der Waals surface area contributed by atoms with Gasteiger partial charge in [0.2, 0.25) is 5.13 Å². The molecule has 100 valence electrons. The number of aromatic nitrogens is 1. The quantitative estimate of drug-likeness (QED) is 0.572. The largest absolute Gasteiger partial charge is 0.227 e. The first kappa shape index (κ1) is 13.5. The summed E-state index contributed by atoms with van der Waals surface area (Å²) in [4.78, 5) is 8.55. The van der Waals surface area contributed by atoms with Crippen molar-refractivity contribution in [3.63, 3.8) is 0 Å². The lowest BCUT2D eigenvalue weighted by molar-refractivity contribution is 0.630. The second-order valence-corrected chi connectivity index (χ2v) is 5.75. The highest BCUT2D eigenvalue weighted by Gasteiger charge is 2.10. The molecule has 2 nitrogen and oxygen atoms in total. The Morgan fingerprint density at radius 3 is 2.75 bits per heavy atom. The second kappa shape index (κ2) is 5.48. The molecule has 3 aromatic rings. The molecule has 0 amide bonds. The lowest BCUT2D eigenvalue weighted by Crippen LogP contribution is -1.80. The minimum absolute atomic E-state index is 0.0826. The third kappa shape index (κ3) is 2.54. The summed E-state index contributed by atoms with van der Waals surface area (Å²) in [5.41, 5.74) is 1.43. The zero-order chi connectivity index (χ0) is 14.1. The molecule has 0 aliphatic carbocycles. The molecule has 0 unspecified atom stereocenters. The molecule has 0 radical (unpaired) electrons. The summed E-state index contributed by atoms with van der Waals surface area (Å²) in [6.45, 7) is 0. The first-order valence-corrected chi connectivity index (χ1v) is 7.25. The first-order valence-electron chi connectivity index (χ1n) is 5.68. The van der Waals surface area contributed by atoms with Crippen LogP contribution in [0, 0.1) is 5.82 Å². The number of halogens is 3. The highest BCUT2D eigenvalue weighted by molar-refractivity contribution is 7.22. The van der Waals surface area contributed by atoms with Gasteiger partial charge >= 0.3 is 0 Å². The van der Waals surface area contributed by atoms with E-state index < -0.39 is 5.82 Å². The van der Waals surface area contributed by atoms with Crippen molar-refractivity contribution < 1.29 is 4.39 Å². The van der Waals surface area contributed by atoms with Gasteiger partial charge in [-0.1, -0.05) is 52.7 Å². The van der Waals surface area contributed by atoms with Crippen LogP contribution in [0.25, 0.3) is 10.2 Å². The number of nitrogens with zero attached hydrogens (tertiary/aromatic N) is 2. The van der Waals surface area contributed by atoms with E-state index in [2.05, 4.69) is 9.98 Å². The molecule has 0 saturated carbocycles. The number of aliphatic imine (C=N–C) groups is 1. The maximum absolute atomic E-state index is 13.4. The van der Waals surface area contributed by atoms with Crippen LogP contribution in [0.3, 0.4) is 0 Å². The number of rotatable bonds is 2. The van der Waals surface area contributed by atoms with Gasteiger partial charge in [-0.25, -0.2) is 14.4 Å². The second-order valence-electron chi connectivity index (χ2n) is 3.99. The fourth-order valence-electron chi connectivity index (χ4n) is 1.68. The minimum Gasteiger partial charge on any atom is -0.227 e. The van der Waals surface area contributed by atoms with E-state index in [0.717, 1.165) is 5.56 Å². The van der Waals surface area contributed by atoms with Gasteiger partial charge in [-0.05, 0) is 18.2 Å². The van der Waals surface area contributed by atoms with Crippen LogP contribution in [-0.2, 0) is 0 Å². The molecule has 2 aromatic carbocycles. The van der Waals surface area contributed by atoms with Gasteiger partial charge in [-0.2, -0.15) is 0 Å². The molecule has 0 saturated heterocycles. The van der Waals surface area contributed by atoms with Gasteiger partial charge in [-0.3, -0.25) is 0 Å². The molecule has 20 heavy (non-hydrogen) atoms. The number of hydrogen-bond donors (Lipinski definition) is 0. The molecule has 0 spiro atoms. The standard InChI is InChI=1S/C14H7Cl2FN2S/c15-9-4-2-1-3-8(9)7-18-14-19-11-6-5-10(17)12(16)13(11)20-14/h1-7H/b18-7+. The van der Waals surface area contributed by atoms with Gasteiger partial charge < -0.3 is 0 Å². The van der Waals surface area contributed by atoms with E-state index in [1.54, 1.807) is 18.3 Å². The van der Waals surface area contributed by atoms with Crippen molar-refractivity contribution in [1.82, 2.24) is 4.98 Å². The van der Waals surface area contributed by atoms with Crippen LogP contribution in [0.15, 0.2) is 41.4 Å². The third-order valence-electron chi connectivity index (χ3n) is 2.66. The monoisotopic (exact) mass is 324 g/mol. The van der Waals surface area contributed by atoms with Crippen LogP contribution in [0.4, 0.5) is 9.52 Å². The van der Waals surface area contributed by atoms with Crippen molar-refractivity contribution in [2.45, 2.75) is 0 Å². The SMILES string of the molecule is Fc1ccc2nc(/N=C/c3ccccc3Cl)sc2c1Cl. The van der Waals surface area contributed by atoms with E-state index in [4.69, 9.17) is 23.2 Å². The Bertz CT molecular complexity index is 814. The van der Waals surface area contributed by atoms with Gasteiger partial charge in [0.05, 0.1) is 15.2 Å². The fraction of sp³-hybridized carbons (Fsp3) is 0. The van der Waals surface area contributed by atoms with Gasteiger partial charge in [0.25, 0.3) is 0 Å². The smallest absolute Gasteiger partial charge is 0.210 e. The molecule has 1 heterocycles.